The fourth-order valence-electron chi connectivity index (χ4n) is 1.43. The molecule has 0 atom stereocenters. The molecule has 0 spiro atoms. The van der Waals surface area contributed by atoms with Gasteiger partial charge in [-0.3, -0.25) is 0 Å². The zero-order valence-electron chi connectivity index (χ0n) is 9.79. The number of nitrogens with zero attached hydrogens (tertiary/aromatic N) is 1. The highest BCUT2D eigenvalue weighted by atomic mass is 19.4. The van der Waals surface area contributed by atoms with Crippen molar-refractivity contribution in [2.24, 2.45) is 0 Å². The Bertz CT molecular complexity index is 562. The van der Waals surface area contributed by atoms with Crippen LogP contribution in [0.2, 0.25) is 0 Å². The third kappa shape index (κ3) is 3.14. The topological polar surface area (TPSA) is 59.3 Å². The smallest absolute Gasteiger partial charge is 0.417 e. The van der Waals surface area contributed by atoms with E-state index in [1.54, 1.807) is 0 Å². The Morgan fingerprint density at radius 2 is 1.95 bits per heavy atom. The number of esters is 1. The minimum absolute atomic E-state index is 0.378. The SMILES string of the molecule is COC(=O)c1c(OC(F)F)ccc(C(F)(F)F)c1C#N. The molecule has 0 radical (unpaired) electrons. The fourth-order valence-corrected chi connectivity index (χ4v) is 1.43. The van der Waals surface area contributed by atoms with Gasteiger partial charge in [-0.25, -0.2) is 4.79 Å². The van der Waals surface area contributed by atoms with Crippen LogP contribution in [0.5, 0.6) is 5.75 Å². The Labute approximate surface area is 109 Å². The van der Waals surface area contributed by atoms with Gasteiger partial charge in [0, 0.05) is 0 Å². The van der Waals surface area contributed by atoms with Crippen molar-refractivity contribution in [2.75, 3.05) is 7.11 Å². The van der Waals surface area contributed by atoms with Crippen LogP contribution in [0.15, 0.2) is 12.1 Å². The maximum atomic E-state index is 12.7. The van der Waals surface area contributed by atoms with E-state index in [1.807, 2.05) is 0 Å². The van der Waals surface area contributed by atoms with Crippen LogP contribution < -0.4 is 4.74 Å². The highest BCUT2D eigenvalue weighted by Gasteiger charge is 2.37. The van der Waals surface area contributed by atoms with E-state index in [9.17, 15) is 26.7 Å². The molecule has 20 heavy (non-hydrogen) atoms. The van der Waals surface area contributed by atoms with E-state index in [0.717, 1.165) is 13.2 Å². The van der Waals surface area contributed by atoms with Gasteiger partial charge >= 0.3 is 18.8 Å². The number of benzene rings is 1. The Hall–Kier alpha value is -2.37. The van der Waals surface area contributed by atoms with Crippen molar-refractivity contribution in [3.05, 3.63) is 28.8 Å². The van der Waals surface area contributed by atoms with Crippen molar-refractivity contribution in [2.45, 2.75) is 12.8 Å². The molecule has 0 aliphatic heterocycles. The molecule has 0 saturated heterocycles. The molecule has 1 aromatic carbocycles. The molecule has 0 unspecified atom stereocenters. The van der Waals surface area contributed by atoms with E-state index >= 15 is 0 Å². The zero-order valence-corrected chi connectivity index (χ0v) is 9.79. The van der Waals surface area contributed by atoms with Crippen LogP contribution in [-0.4, -0.2) is 19.7 Å². The molecule has 0 aliphatic carbocycles. The van der Waals surface area contributed by atoms with Crippen LogP contribution >= 0.6 is 0 Å². The molecule has 9 heteroatoms. The van der Waals surface area contributed by atoms with Crippen LogP contribution in [0.3, 0.4) is 0 Å². The van der Waals surface area contributed by atoms with Gasteiger partial charge < -0.3 is 9.47 Å². The Balaban J connectivity index is 3.60. The lowest BCUT2D eigenvalue weighted by Crippen LogP contribution is -2.16. The summed E-state index contributed by atoms with van der Waals surface area (Å²) in [5.74, 6) is -2.25. The second kappa shape index (κ2) is 5.73. The van der Waals surface area contributed by atoms with Crippen LogP contribution in [0.25, 0.3) is 0 Å². The van der Waals surface area contributed by atoms with E-state index in [4.69, 9.17) is 5.26 Å². The lowest BCUT2D eigenvalue weighted by atomic mass is 10.0. The highest BCUT2D eigenvalue weighted by molar-refractivity contribution is 5.95. The van der Waals surface area contributed by atoms with Crippen molar-refractivity contribution in [3.63, 3.8) is 0 Å². The van der Waals surface area contributed by atoms with E-state index in [0.29, 0.717) is 12.1 Å². The maximum Gasteiger partial charge on any atom is 0.417 e. The Morgan fingerprint density at radius 3 is 2.35 bits per heavy atom. The van der Waals surface area contributed by atoms with Crippen LogP contribution in [-0.2, 0) is 10.9 Å². The van der Waals surface area contributed by atoms with Gasteiger partial charge in [-0.15, -0.1) is 0 Å². The standard InChI is InChI=1S/C11H6F5NO3/c1-19-9(18)8-5(4-17)6(11(14,15)16)2-3-7(8)20-10(12)13/h2-3,10H,1H3. The van der Waals surface area contributed by atoms with Gasteiger partial charge in [-0.05, 0) is 12.1 Å². The van der Waals surface area contributed by atoms with Crippen LogP contribution in [0, 0.1) is 11.3 Å². The summed E-state index contributed by atoms with van der Waals surface area (Å²) >= 11 is 0. The second-order valence-corrected chi connectivity index (χ2v) is 3.34. The first kappa shape index (κ1) is 15.7. The molecule has 0 aromatic heterocycles. The van der Waals surface area contributed by atoms with Crippen LogP contribution in [0.1, 0.15) is 21.5 Å². The lowest BCUT2D eigenvalue weighted by Gasteiger charge is -2.15. The number of hydrogen-bond acceptors (Lipinski definition) is 4. The van der Waals surface area contributed by atoms with Gasteiger partial charge in [-0.2, -0.15) is 27.2 Å². The number of methoxy groups -OCH3 is 1. The molecule has 0 bridgehead atoms. The fraction of sp³-hybridized carbons (Fsp3) is 0.273. The zero-order chi connectivity index (χ0) is 15.5. The molecule has 0 amide bonds. The van der Waals surface area contributed by atoms with Gasteiger partial charge in [0.15, 0.2) is 0 Å². The summed E-state index contributed by atoms with van der Waals surface area (Å²) in [7, 11) is 0.829. The van der Waals surface area contributed by atoms with Crippen molar-refractivity contribution < 1.29 is 36.2 Å². The first-order chi connectivity index (χ1) is 9.22. The molecule has 4 nitrogen and oxygen atoms in total. The minimum atomic E-state index is -4.93. The van der Waals surface area contributed by atoms with Gasteiger partial charge in [0.1, 0.15) is 17.4 Å². The third-order valence-corrected chi connectivity index (χ3v) is 2.19. The average Bonchev–Trinajstić information content (AvgIpc) is 2.35. The summed E-state index contributed by atoms with van der Waals surface area (Å²) in [5, 5.41) is 8.76. The molecule has 0 heterocycles. The minimum Gasteiger partial charge on any atom is -0.465 e. The Morgan fingerprint density at radius 1 is 1.35 bits per heavy atom. The predicted molar refractivity (Wildman–Crippen MR) is 54.1 cm³/mol. The summed E-state index contributed by atoms with van der Waals surface area (Å²) < 4.78 is 70.5. The third-order valence-electron chi connectivity index (χ3n) is 2.19. The van der Waals surface area contributed by atoms with E-state index < -0.39 is 41.2 Å². The molecule has 0 fully saturated rings. The summed E-state index contributed by atoms with van der Waals surface area (Å²) in [6.07, 6.45) is -4.93. The van der Waals surface area contributed by atoms with Gasteiger partial charge in [-0.1, -0.05) is 0 Å². The average molecular weight is 295 g/mol. The molecule has 0 aliphatic rings. The number of rotatable bonds is 3. The van der Waals surface area contributed by atoms with Crippen molar-refractivity contribution in [1.82, 2.24) is 0 Å². The van der Waals surface area contributed by atoms with Gasteiger partial charge in [0.05, 0.1) is 18.2 Å². The molecule has 0 N–H and O–H groups in total. The highest BCUT2D eigenvalue weighted by Crippen LogP contribution is 2.37. The first-order valence-electron chi connectivity index (χ1n) is 4.89. The molecule has 1 rings (SSSR count). The molecular formula is C11H6F5NO3. The lowest BCUT2D eigenvalue weighted by molar-refractivity contribution is -0.137. The van der Waals surface area contributed by atoms with E-state index in [2.05, 4.69) is 9.47 Å². The van der Waals surface area contributed by atoms with Crippen molar-refractivity contribution in [3.8, 4) is 11.8 Å². The summed E-state index contributed by atoms with van der Waals surface area (Å²) in [5.41, 5.74) is -3.57. The number of alkyl halides is 5. The number of ether oxygens (including phenoxy) is 2. The monoisotopic (exact) mass is 295 g/mol. The van der Waals surface area contributed by atoms with E-state index in [1.165, 1.54) is 0 Å². The molecular weight excluding hydrogens is 289 g/mol. The molecule has 1 aromatic rings. The quantitative estimate of drug-likeness (QED) is 0.635. The summed E-state index contributed by atoms with van der Waals surface area (Å²) in [4.78, 5) is 11.4. The van der Waals surface area contributed by atoms with Crippen molar-refractivity contribution >= 4 is 5.97 Å². The molecule has 108 valence electrons. The first-order valence-corrected chi connectivity index (χ1v) is 4.89. The largest absolute Gasteiger partial charge is 0.465 e. The predicted octanol–water partition coefficient (Wildman–Crippen LogP) is 2.97. The Kier molecular flexibility index (Phi) is 4.49. The number of hydrogen-bond donors (Lipinski definition) is 0. The number of carbonyl (C=O) groups is 1. The van der Waals surface area contributed by atoms with Crippen LogP contribution in [0.4, 0.5) is 22.0 Å². The summed E-state index contributed by atoms with van der Waals surface area (Å²) in [6.45, 7) is -3.37. The number of halogens is 5. The number of nitriles is 1. The van der Waals surface area contributed by atoms with Gasteiger partial charge in [0.25, 0.3) is 0 Å². The summed E-state index contributed by atoms with van der Waals surface area (Å²) in [6, 6.07) is 2.06. The van der Waals surface area contributed by atoms with E-state index in [-0.39, 0.29) is 0 Å². The normalized spacial score (nSPS) is 11.1. The van der Waals surface area contributed by atoms with Gasteiger partial charge in [0.2, 0.25) is 0 Å². The molecule has 0 saturated carbocycles. The van der Waals surface area contributed by atoms with Crippen molar-refractivity contribution in [1.29, 1.82) is 5.26 Å². The second-order valence-electron chi connectivity index (χ2n) is 3.34. The number of carbonyl (C=O) groups excluding carboxylic acids is 1. The maximum absolute atomic E-state index is 12.7.